The van der Waals surface area contributed by atoms with E-state index in [0.717, 1.165) is 23.5 Å². The smallest absolute Gasteiger partial charge is 0.229 e. The summed E-state index contributed by atoms with van der Waals surface area (Å²) in [7, 11) is 1.65. The van der Waals surface area contributed by atoms with Crippen LogP contribution < -0.4 is 9.64 Å². The molecule has 1 unspecified atom stereocenters. The molecule has 0 radical (unpaired) electrons. The van der Waals surface area contributed by atoms with Gasteiger partial charge in [-0.15, -0.1) is 0 Å². The van der Waals surface area contributed by atoms with Crippen molar-refractivity contribution in [3.05, 3.63) is 11.8 Å². The SMILES string of the molecule is COc1cc(C)nc(N2CCCC2CCCBr)n1. The van der Waals surface area contributed by atoms with Gasteiger partial charge in [0.1, 0.15) is 0 Å². The van der Waals surface area contributed by atoms with Gasteiger partial charge in [0.15, 0.2) is 0 Å². The standard InChI is InChI=1S/C13H20BrN3O/c1-10-9-12(18-2)16-13(15-10)17-8-4-6-11(17)5-3-7-14/h9,11H,3-8H2,1-2H3. The number of hydrogen-bond donors (Lipinski definition) is 0. The first-order valence-electron chi connectivity index (χ1n) is 6.47. The van der Waals surface area contributed by atoms with Crippen LogP contribution >= 0.6 is 15.9 Å². The normalized spacial score (nSPS) is 19.3. The monoisotopic (exact) mass is 313 g/mol. The van der Waals surface area contributed by atoms with E-state index in [1.54, 1.807) is 7.11 Å². The molecule has 1 saturated heterocycles. The number of ether oxygens (including phenoxy) is 1. The first kappa shape index (κ1) is 13.6. The lowest BCUT2D eigenvalue weighted by atomic mass is 10.1. The summed E-state index contributed by atoms with van der Waals surface area (Å²) in [6, 6.07) is 2.45. The predicted octanol–water partition coefficient (Wildman–Crippen LogP) is 2.94. The van der Waals surface area contributed by atoms with Gasteiger partial charge in [0, 0.05) is 29.7 Å². The van der Waals surface area contributed by atoms with E-state index in [9.17, 15) is 0 Å². The molecule has 100 valence electrons. The van der Waals surface area contributed by atoms with Gasteiger partial charge in [-0.2, -0.15) is 4.98 Å². The number of hydrogen-bond acceptors (Lipinski definition) is 4. The van der Waals surface area contributed by atoms with Gasteiger partial charge in [0.25, 0.3) is 0 Å². The molecule has 1 fully saturated rings. The van der Waals surface area contributed by atoms with E-state index < -0.39 is 0 Å². The Morgan fingerprint density at radius 2 is 2.33 bits per heavy atom. The number of halogens is 1. The average Bonchev–Trinajstić information content (AvgIpc) is 2.83. The van der Waals surface area contributed by atoms with Crippen molar-refractivity contribution < 1.29 is 4.74 Å². The fraction of sp³-hybridized carbons (Fsp3) is 0.692. The summed E-state index contributed by atoms with van der Waals surface area (Å²) in [5.41, 5.74) is 0.961. The van der Waals surface area contributed by atoms with E-state index in [-0.39, 0.29) is 0 Å². The lowest BCUT2D eigenvalue weighted by Gasteiger charge is -2.25. The topological polar surface area (TPSA) is 38.2 Å². The minimum Gasteiger partial charge on any atom is -0.481 e. The number of methoxy groups -OCH3 is 1. The Kier molecular flexibility index (Phi) is 4.80. The molecule has 0 N–H and O–H groups in total. The van der Waals surface area contributed by atoms with Gasteiger partial charge >= 0.3 is 0 Å². The largest absolute Gasteiger partial charge is 0.481 e. The quantitative estimate of drug-likeness (QED) is 0.783. The van der Waals surface area contributed by atoms with E-state index in [2.05, 4.69) is 30.8 Å². The highest BCUT2D eigenvalue weighted by molar-refractivity contribution is 9.09. The molecular formula is C13H20BrN3O. The van der Waals surface area contributed by atoms with Gasteiger partial charge in [-0.05, 0) is 32.6 Å². The minimum atomic E-state index is 0.578. The number of aromatic nitrogens is 2. The van der Waals surface area contributed by atoms with Crippen LogP contribution in [-0.2, 0) is 0 Å². The molecule has 1 aliphatic heterocycles. The molecule has 1 atom stereocenters. The highest BCUT2D eigenvalue weighted by Crippen LogP contribution is 2.27. The van der Waals surface area contributed by atoms with Crippen LogP contribution in [0.1, 0.15) is 31.4 Å². The second kappa shape index (κ2) is 6.36. The molecule has 4 nitrogen and oxygen atoms in total. The summed E-state index contributed by atoms with van der Waals surface area (Å²) in [6.45, 7) is 3.04. The highest BCUT2D eigenvalue weighted by atomic mass is 79.9. The van der Waals surface area contributed by atoms with Crippen LogP contribution in [0.15, 0.2) is 6.07 Å². The van der Waals surface area contributed by atoms with Crippen molar-refractivity contribution in [3.8, 4) is 5.88 Å². The van der Waals surface area contributed by atoms with E-state index in [1.807, 2.05) is 13.0 Å². The fourth-order valence-electron chi connectivity index (χ4n) is 2.47. The average molecular weight is 314 g/mol. The number of anilines is 1. The van der Waals surface area contributed by atoms with Crippen molar-refractivity contribution in [2.45, 2.75) is 38.6 Å². The van der Waals surface area contributed by atoms with Crippen molar-refractivity contribution in [2.24, 2.45) is 0 Å². The lowest BCUT2D eigenvalue weighted by molar-refractivity contribution is 0.395. The zero-order chi connectivity index (χ0) is 13.0. The van der Waals surface area contributed by atoms with E-state index in [0.29, 0.717) is 11.9 Å². The highest BCUT2D eigenvalue weighted by Gasteiger charge is 2.26. The van der Waals surface area contributed by atoms with E-state index in [4.69, 9.17) is 4.74 Å². The van der Waals surface area contributed by atoms with Gasteiger partial charge in [0.2, 0.25) is 11.8 Å². The second-order valence-electron chi connectivity index (χ2n) is 4.67. The molecule has 1 aromatic heterocycles. The molecular weight excluding hydrogens is 294 g/mol. The van der Waals surface area contributed by atoms with Crippen LogP contribution in [-0.4, -0.2) is 35.0 Å². The van der Waals surface area contributed by atoms with Crippen molar-refractivity contribution in [2.75, 3.05) is 23.9 Å². The summed E-state index contributed by atoms with van der Waals surface area (Å²) < 4.78 is 5.23. The summed E-state index contributed by atoms with van der Waals surface area (Å²) in [5.74, 6) is 1.48. The molecule has 0 saturated carbocycles. The molecule has 0 spiro atoms. The Morgan fingerprint density at radius 3 is 3.06 bits per heavy atom. The summed E-state index contributed by atoms with van der Waals surface area (Å²) in [4.78, 5) is 11.4. The molecule has 1 aromatic rings. The lowest BCUT2D eigenvalue weighted by Crippen LogP contribution is -2.31. The minimum absolute atomic E-state index is 0.578. The molecule has 0 bridgehead atoms. The molecule has 0 amide bonds. The number of alkyl halides is 1. The van der Waals surface area contributed by atoms with Gasteiger partial charge < -0.3 is 9.64 Å². The first-order chi connectivity index (χ1) is 8.74. The third-order valence-corrected chi connectivity index (χ3v) is 3.89. The van der Waals surface area contributed by atoms with E-state index in [1.165, 1.54) is 25.7 Å². The molecule has 0 aromatic carbocycles. The Labute approximate surface area is 117 Å². The van der Waals surface area contributed by atoms with Crippen LogP contribution in [0.25, 0.3) is 0 Å². The van der Waals surface area contributed by atoms with Gasteiger partial charge in [-0.25, -0.2) is 4.98 Å². The van der Waals surface area contributed by atoms with Gasteiger partial charge in [-0.1, -0.05) is 15.9 Å². The number of rotatable bonds is 5. The first-order valence-corrected chi connectivity index (χ1v) is 7.59. The zero-order valence-corrected chi connectivity index (χ0v) is 12.6. The Balaban J connectivity index is 2.16. The van der Waals surface area contributed by atoms with Crippen LogP contribution in [0, 0.1) is 6.92 Å². The summed E-state index contributed by atoms with van der Waals surface area (Å²) in [5, 5.41) is 1.06. The third kappa shape index (κ3) is 3.13. The van der Waals surface area contributed by atoms with Crippen molar-refractivity contribution in [1.29, 1.82) is 0 Å². The predicted molar refractivity (Wildman–Crippen MR) is 76.7 cm³/mol. The maximum Gasteiger partial charge on any atom is 0.229 e. The van der Waals surface area contributed by atoms with Crippen molar-refractivity contribution in [1.82, 2.24) is 9.97 Å². The summed E-state index contributed by atoms with van der Waals surface area (Å²) >= 11 is 3.50. The molecule has 0 aliphatic carbocycles. The molecule has 2 rings (SSSR count). The molecule has 18 heavy (non-hydrogen) atoms. The third-order valence-electron chi connectivity index (χ3n) is 3.33. The molecule has 2 heterocycles. The van der Waals surface area contributed by atoms with Crippen LogP contribution in [0.4, 0.5) is 5.95 Å². The van der Waals surface area contributed by atoms with Crippen LogP contribution in [0.2, 0.25) is 0 Å². The molecule has 1 aliphatic rings. The summed E-state index contributed by atoms with van der Waals surface area (Å²) in [6.07, 6.45) is 4.87. The van der Waals surface area contributed by atoms with Crippen LogP contribution in [0.5, 0.6) is 5.88 Å². The van der Waals surface area contributed by atoms with Crippen LogP contribution in [0.3, 0.4) is 0 Å². The van der Waals surface area contributed by atoms with Gasteiger partial charge in [0.05, 0.1) is 7.11 Å². The second-order valence-corrected chi connectivity index (χ2v) is 5.47. The van der Waals surface area contributed by atoms with Gasteiger partial charge in [-0.3, -0.25) is 0 Å². The molecule has 5 heteroatoms. The Morgan fingerprint density at radius 1 is 1.50 bits per heavy atom. The number of aryl methyl sites for hydroxylation is 1. The number of nitrogens with zero attached hydrogens (tertiary/aromatic N) is 3. The zero-order valence-electron chi connectivity index (χ0n) is 11.0. The fourth-order valence-corrected chi connectivity index (χ4v) is 2.79. The Hall–Kier alpha value is -0.840. The Bertz CT molecular complexity index is 400. The maximum atomic E-state index is 5.23. The maximum absolute atomic E-state index is 5.23. The van der Waals surface area contributed by atoms with E-state index >= 15 is 0 Å². The van der Waals surface area contributed by atoms with Crippen molar-refractivity contribution >= 4 is 21.9 Å². The van der Waals surface area contributed by atoms with Crippen molar-refractivity contribution in [3.63, 3.8) is 0 Å².